The number of halogens is 1. The van der Waals surface area contributed by atoms with Gasteiger partial charge < -0.3 is 5.11 Å². The molecule has 4 amide bonds. The Morgan fingerprint density at radius 2 is 1.50 bits per heavy atom. The van der Waals surface area contributed by atoms with Gasteiger partial charge in [-0.3, -0.25) is 26.0 Å². The van der Waals surface area contributed by atoms with E-state index < -0.39 is 23.6 Å². The fraction of sp³-hybridized carbons (Fsp3) is 0.250. The summed E-state index contributed by atoms with van der Waals surface area (Å²) >= 11 is 0. The highest BCUT2D eigenvalue weighted by Crippen LogP contribution is 1.99. The fourth-order valence-corrected chi connectivity index (χ4v) is 0.531. The Kier molecular flexibility index (Phi) is 2.91. The second kappa shape index (κ2) is 3.17. The third-order valence-corrected chi connectivity index (χ3v) is 1.15. The van der Waals surface area contributed by atoms with Gasteiger partial charge in [-0.1, -0.05) is 0 Å². The van der Waals surface area contributed by atoms with Crippen molar-refractivity contribution in [2.45, 2.75) is 5.72 Å². The number of nitrogens with one attached hydrogen (secondary N) is 2. The second-order valence-corrected chi connectivity index (χ2v) is 2.00. The van der Waals surface area contributed by atoms with Gasteiger partial charge in [-0.15, -0.1) is 17.0 Å². The first-order valence-electron chi connectivity index (χ1n) is 2.62. The van der Waals surface area contributed by atoms with Crippen molar-refractivity contribution in [3.63, 3.8) is 0 Å². The van der Waals surface area contributed by atoms with Gasteiger partial charge in [0.15, 0.2) is 0 Å². The standard InChI is InChI=1S/C4H5N3O4.BrH/c5-4(11)1(8)6-3(10)7-2(4)9;/h11H,5H2,(H2,6,7,8,9,10);1H. The van der Waals surface area contributed by atoms with E-state index in [9.17, 15) is 14.4 Å². The van der Waals surface area contributed by atoms with Crippen LogP contribution in [0.15, 0.2) is 0 Å². The smallest absolute Gasteiger partial charge is 0.328 e. The van der Waals surface area contributed by atoms with Crippen LogP contribution in [0.3, 0.4) is 0 Å². The van der Waals surface area contributed by atoms with Crippen LogP contribution in [0.1, 0.15) is 0 Å². The van der Waals surface area contributed by atoms with Gasteiger partial charge in [0, 0.05) is 0 Å². The summed E-state index contributed by atoms with van der Waals surface area (Å²) in [6, 6.07) is -0.991. The quantitative estimate of drug-likeness (QED) is 0.277. The lowest BCUT2D eigenvalue weighted by Gasteiger charge is -2.24. The Balaban J connectivity index is 0.00000121. The second-order valence-electron chi connectivity index (χ2n) is 2.00. The molecule has 0 unspecified atom stereocenters. The maximum Gasteiger partial charge on any atom is 0.328 e. The van der Waals surface area contributed by atoms with Crippen LogP contribution in [0, 0.1) is 0 Å². The number of rotatable bonds is 0. The number of nitrogens with two attached hydrogens (primary N) is 1. The lowest BCUT2D eigenvalue weighted by Crippen LogP contribution is -2.71. The van der Waals surface area contributed by atoms with Gasteiger partial charge in [0.05, 0.1) is 0 Å². The van der Waals surface area contributed by atoms with E-state index in [1.165, 1.54) is 0 Å². The number of hydrogen-bond donors (Lipinski definition) is 4. The highest BCUT2D eigenvalue weighted by atomic mass is 79.9. The van der Waals surface area contributed by atoms with E-state index in [1.54, 1.807) is 10.6 Å². The van der Waals surface area contributed by atoms with Gasteiger partial charge in [-0.2, -0.15) is 0 Å². The Labute approximate surface area is 77.1 Å². The van der Waals surface area contributed by atoms with Crippen molar-refractivity contribution < 1.29 is 19.5 Å². The fourth-order valence-electron chi connectivity index (χ4n) is 0.531. The third kappa shape index (κ3) is 1.60. The number of amides is 4. The summed E-state index contributed by atoms with van der Waals surface area (Å²) in [5.74, 6) is -2.46. The van der Waals surface area contributed by atoms with Gasteiger partial charge in [0.1, 0.15) is 0 Å². The normalized spacial score (nSPS) is 20.7. The molecule has 0 atom stereocenters. The van der Waals surface area contributed by atoms with Gasteiger partial charge in [-0.25, -0.2) is 4.79 Å². The van der Waals surface area contributed by atoms with Crippen molar-refractivity contribution in [3.8, 4) is 0 Å². The first-order valence-corrected chi connectivity index (χ1v) is 2.62. The topological polar surface area (TPSA) is 122 Å². The number of carbonyl (C=O) groups excluding carboxylic acids is 3. The lowest BCUT2D eigenvalue weighted by atomic mass is 10.2. The Morgan fingerprint density at radius 1 is 1.17 bits per heavy atom. The van der Waals surface area contributed by atoms with Crippen LogP contribution < -0.4 is 16.4 Å². The zero-order chi connectivity index (χ0) is 8.65. The largest absolute Gasteiger partial charge is 0.360 e. The number of carbonyl (C=O) groups is 3. The summed E-state index contributed by atoms with van der Waals surface area (Å²) in [6.45, 7) is 0. The molecule has 0 aromatic heterocycles. The molecular formula is C4H6BrN3O4. The lowest BCUT2D eigenvalue weighted by molar-refractivity contribution is -0.153. The van der Waals surface area contributed by atoms with Gasteiger partial charge in [0.25, 0.3) is 17.5 Å². The molecule has 0 saturated carbocycles. The zero-order valence-corrected chi connectivity index (χ0v) is 7.37. The van der Waals surface area contributed by atoms with E-state index in [4.69, 9.17) is 10.8 Å². The molecule has 68 valence electrons. The Hall–Kier alpha value is -0.990. The summed E-state index contributed by atoms with van der Waals surface area (Å²) in [7, 11) is 0. The van der Waals surface area contributed by atoms with Crippen molar-refractivity contribution in [2.24, 2.45) is 5.73 Å². The van der Waals surface area contributed by atoms with E-state index in [2.05, 4.69) is 0 Å². The van der Waals surface area contributed by atoms with E-state index >= 15 is 0 Å². The van der Waals surface area contributed by atoms with E-state index in [0.29, 0.717) is 0 Å². The molecule has 0 radical (unpaired) electrons. The zero-order valence-electron chi connectivity index (χ0n) is 5.66. The molecule has 7 nitrogen and oxygen atoms in total. The molecule has 0 aromatic rings. The van der Waals surface area contributed by atoms with Crippen LogP contribution in [0.5, 0.6) is 0 Å². The van der Waals surface area contributed by atoms with Crippen LogP contribution in [-0.2, 0) is 9.59 Å². The monoisotopic (exact) mass is 239 g/mol. The average molecular weight is 240 g/mol. The summed E-state index contributed by atoms with van der Waals surface area (Å²) in [5, 5.41) is 12.1. The van der Waals surface area contributed by atoms with Gasteiger partial charge in [0.2, 0.25) is 0 Å². The molecule has 0 spiro atoms. The maximum atomic E-state index is 10.6. The highest BCUT2D eigenvalue weighted by Gasteiger charge is 2.45. The minimum atomic E-state index is -2.64. The molecule has 0 aromatic carbocycles. The van der Waals surface area contributed by atoms with E-state index in [-0.39, 0.29) is 17.0 Å². The number of hydrogen-bond acceptors (Lipinski definition) is 5. The van der Waals surface area contributed by atoms with E-state index in [1.807, 2.05) is 0 Å². The van der Waals surface area contributed by atoms with E-state index in [0.717, 1.165) is 0 Å². The Bertz CT molecular complexity index is 229. The predicted octanol–water partition coefficient (Wildman–Crippen LogP) is -2.42. The molecule has 1 fully saturated rings. The van der Waals surface area contributed by atoms with Crippen molar-refractivity contribution in [1.82, 2.24) is 10.6 Å². The van der Waals surface area contributed by atoms with Gasteiger partial charge >= 0.3 is 6.03 Å². The maximum absolute atomic E-state index is 10.6. The number of urea groups is 1. The van der Waals surface area contributed by atoms with Crippen molar-refractivity contribution >= 4 is 34.8 Å². The number of imide groups is 2. The molecular weight excluding hydrogens is 234 g/mol. The minimum Gasteiger partial charge on any atom is -0.360 e. The molecule has 1 aliphatic heterocycles. The summed E-state index contributed by atoms with van der Waals surface area (Å²) in [6.07, 6.45) is 0. The molecule has 1 aliphatic rings. The van der Waals surface area contributed by atoms with Crippen LogP contribution in [0.2, 0.25) is 0 Å². The van der Waals surface area contributed by atoms with Crippen LogP contribution in [0.25, 0.3) is 0 Å². The first kappa shape index (κ1) is 11.0. The van der Waals surface area contributed by atoms with Crippen LogP contribution in [0.4, 0.5) is 4.79 Å². The van der Waals surface area contributed by atoms with Crippen molar-refractivity contribution in [1.29, 1.82) is 0 Å². The molecule has 0 bridgehead atoms. The molecule has 1 rings (SSSR count). The molecule has 8 heteroatoms. The molecule has 5 N–H and O–H groups in total. The SMILES string of the molecule is Br.NC1(O)C(=O)NC(=O)NC1=O. The first-order chi connectivity index (χ1) is 4.94. The molecule has 12 heavy (non-hydrogen) atoms. The van der Waals surface area contributed by atoms with Crippen molar-refractivity contribution in [3.05, 3.63) is 0 Å². The summed E-state index contributed by atoms with van der Waals surface area (Å²) < 4.78 is 0. The number of aliphatic hydroxyl groups is 1. The number of barbiturate groups is 1. The van der Waals surface area contributed by atoms with Gasteiger partial charge in [-0.05, 0) is 0 Å². The summed E-state index contributed by atoms with van der Waals surface area (Å²) in [5.41, 5.74) is 2.16. The van der Waals surface area contributed by atoms with Crippen molar-refractivity contribution in [2.75, 3.05) is 0 Å². The Morgan fingerprint density at radius 3 is 1.83 bits per heavy atom. The summed E-state index contributed by atoms with van der Waals surface area (Å²) in [4.78, 5) is 31.5. The molecule has 0 aliphatic carbocycles. The van der Waals surface area contributed by atoms with Crippen LogP contribution in [-0.4, -0.2) is 28.7 Å². The van der Waals surface area contributed by atoms with Crippen LogP contribution >= 0.6 is 17.0 Å². The predicted molar refractivity (Wildman–Crippen MR) is 41.1 cm³/mol. The third-order valence-electron chi connectivity index (χ3n) is 1.15. The molecule has 1 heterocycles. The minimum absolute atomic E-state index is 0. The highest BCUT2D eigenvalue weighted by molar-refractivity contribution is 8.93. The molecule has 1 saturated heterocycles. The average Bonchev–Trinajstić information content (AvgIpc) is 1.84.